The highest BCUT2D eigenvalue weighted by molar-refractivity contribution is 5.74. The molecule has 2 heterocycles. The molecule has 2 fully saturated rings. The van der Waals surface area contributed by atoms with Gasteiger partial charge in [0.2, 0.25) is 0 Å². The fourth-order valence-electron chi connectivity index (χ4n) is 4.05. The zero-order valence-corrected chi connectivity index (χ0v) is 14.1. The number of hydrogen-bond acceptors (Lipinski definition) is 3. The molecule has 1 saturated carbocycles. The van der Waals surface area contributed by atoms with Crippen LogP contribution in [0.3, 0.4) is 0 Å². The molecule has 128 valence electrons. The van der Waals surface area contributed by atoms with Crippen LogP contribution >= 0.6 is 0 Å². The second kappa shape index (κ2) is 6.91. The molecule has 0 spiro atoms. The summed E-state index contributed by atoms with van der Waals surface area (Å²) in [6, 6.07) is 0.175. The number of fused-ring (bicyclic) bond motifs is 1. The Bertz CT molecular complexity index is 515. The number of carbonyl (C=O) groups is 1. The standard InChI is InChI=1S/C17H28N4O2/c1-17(2)14(13-6-5-11-23-15(13)17)20-16(22)19-7-3-4-9-21-10-8-18-12-21/h8,10,12-15H,3-7,9,11H2,1-2H3,(H2,19,20,22)/t13-,14-,15-/m1/s1. The van der Waals surface area contributed by atoms with Gasteiger partial charge in [-0.3, -0.25) is 0 Å². The van der Waals surface area contributed by atoms with Gasteiger partial charge in [-0.1, -0.05) is 13.8 Å². The van der Waals surface area contributed by atoms with Crippen LogP contribution < -0.4 is 10.6 Å². The second-order valence-corrected chi connectivity index (χ2v) is 7.30. The first kappa shape index (κ1) is 16.3. The fourth-order valence-corrected chi connectivity index (χ4v) is 4.05. The molecule has 1 aromatic rings. The van der Waals surface area contributed by atoms with E-state index in [-0.39, 0.29) is 17.5 Å². The summed E-state index contributed by atoms with van der Waals surface area (Å²) >= 11 is 0. The lowest BCUT2D eigenvalue weighted by Gasteiger charge is -2.59. The van der Waals surface area contributed by atoms with Crippen LogP contribution in [0.5, 0.6) is 0 Å². The first-order valence-electron chi connectivity index (χ1n) is 8.71. The van der Waals surface area contributed by atoms with Gasteiger partial charge < -0.3 is 19.9 Å². The molecule has 6 heteroatoms. The molecular formula is C17H28N4O2. The summed E-state index contributed by atoms with van der Waals surface area (Å²) in [5.74, 6) is 0.478. The van der Waals surface area contributed by atoms with Crippen LogP contribution in [0.2, 0.25) is 0 Å². The van der Waals surface area contributed by atoms with Crippen LogP contribution in [-0.4, -0.2) is 40.9 Å². The molecule has 1 aliphatic heterocycles. The fraction of sp³-hybridized carbons (Fsp3) is 0.765. The quantitative estimate of drug-likeness (QED) is 0.789. The van der Waals surface area contributed by atoms with Crippen LogP contribution in [-0.2, 0) is 11.3 Å². The molecule has 0 aromatic carbocycles. The Labute approximate surface area is 138 Å². The molecule has 2 aliphatic rings. The number of carbonyl (C=O) groups excluding carboxylic acids is 1. The monoisotopic (exact) mass is 320 g/mol. The van der Waals surface area contributed by atoms with E-state index in [1.807, 2.05) is 12.5 Å². The highest BCUT2D eigenvalue weighted by Gasteiger charge is 2.58. The van der Waals surface area contributed by atoms with Crippen molar-refractivity contribution in [2.24, 2.45) is 11.3 Å². The van der Waals surface area contributed by atoms with Crippen LogP contribution in [0.1, 0.15) is 39.5 Å². The van der Waals surface area contributed by atoms with Crippen molar-refractivity contribution < 1.29 is 9.53 Å². The summed E-state index contributed by atoms with van der Waals surface area (Å²) in [4.78, 5) is 16.1. The molecule has 0 unspecified atom stereocenters. The number of unbranched alkanes of at least 4 members (excludes halogenated alkanes) is 1. The maximum atomic E-state index is 12.1. The van der Waals surface area contributed by atoms with Gasteiger partial charge in [-0.2, -0.15) is 0 Å². The molecule has 3 rings (SSSR count). The normalized spacial score (nSPS) is 28.5. The number of imidazole rings is 1. The van der Waals surface area contributed by atoms with Crippen molar-refractivity contribution in [3.05, 3.63) is 18.7 Å². The third kappa shape index (κ3) is 3.52. The molecule has 0 bridgehead atoms. The van der Waals surface area contributed by atoms with E-state index < -0.39 is 0 Å². The van der Waals surface area contributed by atoms with Crippen molar-refractivity contribution in [1.82, 2.24) is 20.2 Å². The van der Waals surface area contributed by atoms with E-state index >= 15 is 0 Å². The van der Waals surface area contributed by atoms with Gasteiger partial charge >= 0.3 is 6.03 Å². The van der Waals surface area contributed by atoms with E-state index in [4.69, 9.17) is 4.74 Å². The predicted molar refractivity (Wildman–Crippen MR) is 88.0 cm³/mol. The molecule has 1 aromatic heterocycles. The van der Waals surface area contributed by atoms with Gasteiger partial charge in [0.1, 0.15) is 0 Å². The molecule has 2 N–H and O–H groups in total. The van der Waals surface area contributed by atoms with E-state index in [9.17, 15) is 4.79 Å². The Morgan fingerprint density at radius 2 is 2.30 bits per heavy atom. The predicted octanol–water partition coefficient (Wildman–Crippen LogP) is 2.17. The van der Waals surface area contributed by atoms with Gasteiger partial charge in [0, 0.05) is 49.5 Å². The third-order valence-electron chi connectivity index (χ3n) is 5.31. The summed E-state index contributed by atoms with van der Waals surface area (Å²) in [6.07, 6.45) is 10.1. The number of hydrogen-bond donors (Lipinski definition) is 2. The summed E-state index contributed by atoms with van der Waals surface area (Å²) in [6.45, 7) is 6.89. The van der Waals surface area contributed by atoms with Crippen LogP contribution in [0.15, 0.2) is 18.7 Å². The topological polar surface area (TPSA) is 68.2 Å². The van der Waals surface area contributed by atoms with E-state index in [0.717, 1.165) is 38.8 Å². The SMILES string of the molecule is CC1(C)[C@H](NC(=O)NCCCCn2ccnc2)[C@H]2CCCO[C@H]21. The number of ether oxygens (including phenoxy) is 1. The largest absolute Gasteiger partial charge is 0.377 e. The molecule has 1 aliphatic carbocycles. The van der Waals surface area contributed by atoms with Crippen LogP contribution in [0, 0.1) is 11.3 Å². The summed E-state index contributed by atoms with van der Waals surface area (Å²) in [5, 5.41) is 6.14. The average molecular weight is 320 g/mol. The van der Waals surface area contributed by atoms with Crippen molar-refractivity contribution in [2.75, 3.05) is 13.2 Å². The number of nitrogens with one attached hydrogen (secondary N) is 2. The number of rotatable bonds is 6. The number of amides is 2. The summed E-state index contributed by atoms with van der Waals surface area (Å²) in [5.41, 5.74) is 0.0316. The Balaban J connectivity index is 1.34. The molecule has 1 saturated heterocycles. The summed E-state index contributed by atoms with van der Waals surface area (Å²) in [7, 11) is 0. The van der Waals surface area contributed by atoms with Crippen molar-refractivity contribution in [3.8, 4) is 0 Å². The Kier molecular flexibility index (Phi) is 4.90. The number of urea groups is 1. The van der Waals surface area contributed by atoms with Crippen molar-refractivity contribution in [2.45, 2.75) is 58.2 Å². The third-order valence-corrected chi connectivity index (χ3v) is 5.31. The molecule has 2 amide bonds. The minimum absolute atomic E-state index is 0.0316. The number of aromatic nitrogens is 2. The van der Waals surface area contributed by atoms with Gasteiger partial charge in [0.25, 0.3) is 0 Å². The zero-order chi connectivity index (χ0) is 16.3. The Morgan fingerprint density at radius 3 is 3.09 bits per heavy atom. The van der Waals surface area contributed by atoms with E-state index in [0.29, 0.717) is 18.6 Å². The van der Waals surface area contributed by atoms with E-state index in [1.54, 1.807) is 6.20 Å². The van der Waals surface area contributed by atoms with Crippen molar-refractivity contribution in [1.29, 1.82) is 0 Å². The van der Waals surface area contributed by atoms with E-state index in [1.165, 1.54) is 0 Å². The Morgan fingerprint density at radius 1 is 1.43 bits per heavy atom. The highest BCUT2D eigenvalue weighted by Crippen LogP contribution is 2.51. The van der Waals surface area contributed by atoms with Crippen LogP contribution in [0.25, 0.3) is 0 Å². The first-order chi connectivity index (χ1) is 11.1. The average Bonchev–Trinajstić information content (AvgIpc) is 3.06. The second-order valence-electron chi connectivity index (χ2n) is 7.30. The lowest BCUT2D eigenvalue weighted by Crippen LogP contribution is -2.70. The maximum Gasteiger partial charge on any atom is 0.315 e. The molecule has 3 atom stereocenters. The minimum Gasteiger partial charge on any atom is -0.377 e. The zero-order valence-electron chi connectivity index (χ0n) is 14.1. The van der Waals surface area contributed by atoms with E-state index in [2.05, 4.69) is 34.0 Å². The first-order valence-corrected chi connectivity index (χ1v) is 8.71. The van der Waals surface area contributed by atoms with Gasteiger partial charge in [0.05, 0.1) is 12.4 Å². The smallest absolute Gasteiger partial charge is 0.315 e. The van der Waals surface area contributed by atoms with Gasteiger partial charge in [-0.15, -0.1) is 0 Å². The molecule has 23 heavy (non-hydrogen) atoms. The number of nitrogens with zero attached hydrogens (tertiary/aromatic N) is 2. The van der Waals surface area contributed by atoms with Gasteiger partial charge in [-0.25, -0.2) is 9.78 Å². The minimum atomic E-state index is -0.0465. The van der Waals surface area contributed by atoms with Crippen molar-refractivity contribution in [3.63, 3.8) is 0 Å². The highest BCUT2D eigenvalue weighted by atomic mass is 16.5. The van der Waals surface area contributed by atoms with Gasteiger partial charge in [0.15, 0.2) is 0 Å². The van der Waals surface area contributed by atoms with Crippen LogP contribution in [0.4, 0.5) is 4.79 Å². The number of aryl methyl sites for hydroxylation is 1. The lowest BCUT2D eigenvalue weighted by molar-refractivity contribution is -0.189. The maximum absolute atomic E-state index is 12.1. The molecular weight excluding hydrogens is 292 g/mol. The lowest BCUT2D eigenvalue weighted by atomic mass is 9.55. The Hall–Kier alpha value is -1.56. The van der Waals surface area contributed by atoms with Gasteiger partial charge in [-0.05, 0) is 25.7 Å². The van der Waals surface area contributed by atoms with Crippen molar-refractivity contribution >= 4 is 6.03 Å². The summed E-state index contributed by atoms with van der Waals surface area (Å²) < 4.78 is 7.93. The molecule has 6 nitrogen and oxygen atoms in total. The molecule has 0 radical (unpaired) electrons.